The van der Waals surface area contributed by atoms with E-state index >= 15 is 0 Å². The molecule has 0 N–H and O–H groups in total. The minimum atomic E-state index is -0.373. The molecule has 0 radical (unpaired) electrons. The van der Waals surface area contributed by atoms with E-state index in [0.717, 1.165) is 0 Å². The third-order valence-corrected chi connectivity index (χ3v) is 3.36. The van der Waals surface area contributed by atoms with Crippen molar-refractivity contribution < 1.29 is 14.3 Å². The average Bonchev–Trinajstić information content (AvgIpc) is 2.26. The molecular formula is C14H22O3. The fourth-order valence-electron chi connectivity index (χ4n) is 2.02. The van der Waals surface area contributed by atoms with Gasteiger partial charge in [0.25, 0.3) is 0 Å². The number of esters is 2. The molecule has 0 bridgehead atoms. The van der Waals surface area contributed by atoms with Crippen molar-refractivity contribution in [2.45, 2.75) is 40.5 Å². The molecule has 0 aliphatic carbocycles. The van der Waals surface area contributed by atoms with Gasteiger partial charge in [-0.1, -0.05) is 39.8 Å². The van der Waals surface area contributed by atoms with E-state index in [0.29, 0.717) is 12.8 Å². The second kappa shape index (κ2) is 5.99. The van der Waals surface area contributed by atoms with Gasteiger partial charge in [-0.05, 0) is 24.7 Å². The summed E-state index contributed by atoms with van der Waals surface area (Å²) in [5, 5.41) is 0. The van der Waals surface area contributed by atoms with Gasteiger partial charge >= 0.3 is 11.9 Å². The summed E-state index contributed by atoms with van der Waals surface area (Å²) < 4.78 is 5.00. The Hall–Kier alpha value is -1.12. The highest BCUT2D eigenvalue weighted by molar-refractivity contribution is 5.88. The van der Waals surface area contributed by atoms with Crippen molar-refractivity contribution in [3.8, 4) is 0 Å². The highest BCUT2D eigenvalue weighted by Gasteiger charge is 2.30. The second-order valence-electron chi connectivity index (χ2n) is 5.38. The van der Waals surface area contributed by atoms with Crippen LogP contribution in [0.3, 0.4) is 0 Å². The van der Waals surface area contributed by atoms with Crippen molar-refractivity contribution >= 4 is 11.9 Å². The fourth-order valence-corrected chi connectivity index (χ4v) is 2.02. The molecule has 96 valence electrons. The molecule has 17 heavy (non-hydrogen) atoms. The molecule has 0 fully saturated rings. The van der Waals surface area contributed by atoms with E-state index in [1.54, 1.807) is 0 Å². The molecule has 0 saturated heterocycles. The first kappa shape index (κ1) is 13.9. The summed E-state index contributed by atoms with van der Waals surface area (Å²) in [6, 6.07) is 0. The quantitative estimate of drug-likeness (QED) is 0.422. The lowest BCUT2D eigenvalue weighted by Gasteiger charge is -2.19. The SMILES string of the molecule is CC(C)C1C/C=C/CC(C(C)C)C(=O)OC1=O. The Labute approximate surface area is 103 Å². The number of ether oxygens (including phenoxy) is 1. The zero-order valence-corrected chi connectivity index (χ0v) is 11.1. The molecule has 0 spiro atoms. The number of hydrogen-bond acceptors (Lipinski definition) is 3. The topological polar surface area (TPSA) is 43.4 Å². The van der Waals surface area contributed by atoms with E-state index in [1.165, 1.54) is 0 Å². The van der Waals surface area contributed by atoms with Crippen LogP contribution in [0.5, 0.6) is 0 Å². The van der Waals surface area contributed by atoms with Gasteiger partial charge < -0.3 is 4.74 Å². The molecule has 0 saturated carbocycles. The Morgan fingerprint density at radius 3 is 1.59 bits per heavy atom. The van der Waals surface area contributed by atoms with Gasteiger partial charge in [0, 0.05) is 0 Å². The maximum Gasteiger partial charge on any atom is 0.317 e. The number of carbonyl (C=O) groups is 2. The molecule has 1 rings (SSSR count). The van der Waals surface area contributed by atoms with E-state index in [1.807, 2.05) is 39.8 Å². The molecule has 1 aliphatic heterocycles. The minimum absolute atomic E-state index is 0.190. The van der Waals surface area contributed by atoms with E-state index in [-0.39, 0.29) is 35.6 Å². The molecule has 2 atom stereocenters. The second-order valence-corrected chi connectivity index (χ2v) is 5.38. The van der Waals surface area contributed by atoms with Gasteiger partial charge in [-0.25, -0.2) is 0 Å². The summed E-state index contributed by atoms with van der Waals surface area (Å²) in [6.45, 7) is 7.90. The van der Waals surface area contributed by atoms with Crippen molar-refractivity contribution in [1.29, 1.82) is 0 Å². The predicted octanol–water partition coefficient (Wildman–Crippen LogP) is 2.95. The van der Waals surface area contributed by atoms with E-state index in [9.17, 15) is 9.59 Å². The molecule has 0 amide bonds. The van der Waals surface area contributed by atoms with Crippen LogP contribution in [0, 0.1) is 23.7 Å². The largest absolute Gasteiger partial charge is 0.393 e. The summed E-state index contributed by atoms with van der Waals surface area (Å²) in [5.74, 6) is -0.780. The van der Waals surface area contributed by atoms with E-state index < -0.39 is 0 Å². The first-order chi connectivity index (χ1) is 7.93. The summed E-state index contributed by atoms with van der Waals surface area (Å²) >= 11 is 0. The van der Waals surface area contributed by atoms with Crippen molar-refractivity contribution in [2.75, 3.05) is 0 Å². The maximum absolute atomic E-state index is 11.9. The Kier molecular flexibility index (Phi) is 4.91. The van der Waals surface area contributed by atoms with Crippen LogP contribution in [0.2, 0.25) is 0 Å². The van der Waals surface area contributed by atoms with Crippen LogP contribution in [0.15, 0.2) is 12.2 Å². The molecular weight excluding hydrogens is 216 g/mol. The molecule has 1 heterocycles. The van der Waals surface area contributed by atoms with Gasteiger partial charge in [-0.15, -0.1) is 0 Å². The number of rotatable bonds is 2. The summed E-state index contributed by atoms with van der Waals surface area (Å²) in [7, 11) is 0. The van der Waals surface area contributed by atoms with E-state index in [2.05, 4.69) is 0 Å². The molecule has 0 aromatic heterocycles. The average molecular weight is 238 g/mol. The molecule has 3 nitrogen and oxygen atoms in total. The van der Waals surface area contributed by atoms with Crippen molar-refractivity contribution in [3.63, 3.8) is 0 Å². The van der Waals surface area contributed by atoms with Crippen LogP contribution in [0.4, 0.5) is 0 Å². The lowest BCUT2D eigenvalue weighted by atomic mass is 9.92. The molecule has 3 heteroatoms. The highest BCUT2D eigenvalue weighted by atomic mass is 16.6. The zero-order valence-electron chi connectivity index (χ0n) is 11.1. The number of cyclic esters (lactones) is 2. The number of carbonyl (C=O) groups excluding carboxylic acids is 2. The lowest BCUT2D eigenvalue weighted by molar-refractivity contribution is -0.167. The lowest BCUT2D eigenvalue weighted by Crippen LogP contribution is -2.29. The van der Waals surface area contributed by atoms with E-state index in [4.69, 9.17) is 4.74 Å². The summed E-state index contributed by atoms with van der Waals surface area (Å²) in [5.41, 5.74) is 0. The zero-order chi connectivity index (χ0) is 13.0. The third-order valence-electron chi connectivity index (χ3n) is 3.36. The van der Waals surface area contributed by atoms with Crippen LogP contribution in [0.25, 0.3) is 0 Å². The van der Waals surface area contributed by atoms with Crippen LogP contribution < -0.4 is 0 Å². The van der Waals surface area contributed by atoms with Gasteiger partial charge in [0.05, 0.1) is 11.8 Å². The van der Waals surface area contributed by atoms with Crippen LogP contribution in [0.1, 0.15) is 40.5 Å². The van der Waals surface area contributed by atoms with Gasteiger partial charge in [-0.2, -0.15) is 0 Å². The van der Waals surface area contributed by atoms with Gasteiger partial charge in [0.1, 0.15) is 0 Å². The summed E-state index contributed by atoms with van der Waals surface area (Å²) in [6.07, 6.45) is 5.32. The fraction of sp³-hybridized carbons (Fsp3) is 0.714. The van der Waals surface area contributed by atoms with Crippen molar-refractivity contribution in [1.82, 2.24) is 0 Å². The Balaban J connectivity index is 2.85. The van der Waals surface area contributed by atoms with Crippen molar-refractivity contribution in [2.24, 2.45) is 23.7 Å². The maximum atomic E-state index is 11.9. The smallest absolute Gasteiger partial charge is 0.317 e. The Morgan fingerprint density at radius 1 is 0.941 bits per heavy atom. The molecule has 0 aromatic carbocycles. The predicted molar refractivity (Wildman–Crippen MR) is 66.1 cm³/mol. The Bertz CT molecular complexity index is 285. The van der Waals surface area contributed by atoms with Gasteiger partial charge in [0.15, 0.2) is 0 Å². The standard InChI is InChI=1S/C14H22O3/c1-9(2)11-7-5-6-8-12(10(3)4)14(16)17-13(11)15/h5-6,9-12H,7-8H2,1-4H3/b6-5+. The summed E-state index contributed by atoms with van der Waals surface area (Å²) in [4.78, 5) is 23.7. The molecule has 2 unspecified atom stereocenters. The van der Waals surface area contributed by atoms with Crippen molar-refractivity contribution in [3.05, 3.63) is 12.2 Å². The number of hydrogen-bond donors (Lipinski definition) is 0. The third kappa shape index (κ3) is 3.69. The normalized spacial score (nSPS) is 28.6. The minimum Gasteiger partial charge on any atom is -0.393 e. The van der Waals surface area contributed by atoms with Crippen LogP contribution >= 0.6 is 0 Å². The number of allylic oxidation sites excluding steroid dienone is 2. The monoisotopic (exact) mass is 238 g/mol. The first-order valence-electron chi connectivity index (χ1n) is 6.34. The Morgan fingerprint density at radius 2 is 1.29 bits per heavy atom. The highest BCUT2D eigenvalue weighted by Crippen LogP contribution is 2.24. The molecule has 0 aromatic rings. The van der Waals surface area contributed by atoms with Gasteiger partial charge in [-0.3, -0.25) is 9.59 Å². The van der Waals surface area contributed by atoms with Crippen LogP contribution in [-0.4, -0.2) is 11.9 Å². The first-order valence-corrected chi connectivity index (χ1v) is 6.34. The van der Waals surface area contributed by atoms with Crippen LogP contribution in [-0.2, 0) is 14.3 Å². The molecule has 1 aliphatic rings. The van der Waals surface area contributed by atoms with Gasteiger partial charge in [0.2, 0.25) is 0 Å².